The van der Waals surface area contributed by atoms with E-state index in [1.165, 1.54) is 18.4 Å². The third-order valence-electron chi connectivity index (χ3n) is 4.46. The van der Waals surface area contributed by atoms with Gasteiger partial charge in [0.05, 0.1) is 0 Å². The normalized spacial score (nSPS) is 16.0. The highest BCUT2D eigenvalue weighted by Gasteiger charge is 2.21. The predicted molar refractivity (Wildman–Crippen MR) is 92.9 cm³/mol. The lowest BCUT2D eigenvalue weighted by Gasteiger charge is -2.16. The van der Waals surface area contributed by atoms with E-state index in [0.29, 0.717) is 6.42 Å². The molecule has 1 N–H and O–H groups in total. The van der Waals surface area contributed by atoms with Gasteiger partial charge >= 0.3 is 0 Å². The molecule has 3 heteroatoms. The Balaban J connectivity index is 1.74. The van der Waals surface area contributed by atoms with Gasteiger partial charge in [-0.05, 0) is 49.4 Å². The molecule has 2 rings (SSSR count). The smallest absolute Gasteiger partial charge is 0.227 e. The maximum absolute atomic E-state index is 11.7. The molecule has 1 unspecified atom stereocenters. The minimum atomic E-state index is 0.249. The van der Waals surface area contributed by atoms with Gasteiger partial charge in [-0.15, -0.1) is 6.58 Å². The van der Waals surface area contributed by atoms with E-state index in [1.54, 1.807) is 0 Å². The average molecular weight is 300 g/mol. The minimum Gasteiger partial charge on any atom is -0.313 e. The van der Waals surface area contributed by atoms with E-state index in [-0.39, 0.29) is 5.91 Å². The van der Waals surface area contributed by atoms with E-state index in [1.807, 2.05) is 11.0 Å². The molecule has 1 fully saturated rings. The number of anilines is 1. The van der Waals surface area contributed by atoms with Crippen molar-refractivity contribution in [2.45, 2.75) is 45.6 Å². The first-order valence-corrected chi connectivity index (χ1v) is 8.45. The fourth-order valence-corrected chi connectivity index (χ4v) is 2.98. The van der Waals surface area contributed by atoms with Crippen LogP contribution < -0.4 is 10.2 Å². The molecule has 0 spiro atoms. The Morgan fingerprint density at radius 2 is 2.14 bits per heavy atom. The lowest BCUT2D eigenvalue weighted by molar-refractivity contribution is -0.117. The third-order valence-corrected chi connectivity index (χ3v) is 4.46. The van der Waals surface area contributed by atoms with Crippen molar-refractivity contribution >= 4 is 11.6 Å². The predicted octanol–water partition coefficient (Wildman–Crippen LogP) is 3.90. The Kier molecular flexibility index (Phi) is 6.66. The second kappa shape index (κ2) is 8.74. The molecular weight excluding hydrogens is 272 g/mol. The van der Waals surface area contributed by atoms with Crippen LogP contribution in [0.2, 0.25) is 0 Å². The molecule has 120 valence electrons. The molecule has 0 radical (unpaired) electrons. The summed E-state index contributed by atoms with van der Waals surface area (Å²) in [7, 11) is 0. The molecule has 1 aromatic rings. The summed E-state index contributed by atoms with van der Waals surface area (Å²) in [6, 6.07) is 8.36. The van der Waals surface area contributed by atoms with Crippen molar-refractivity contribution in [2.75, 3.05) is 18.0 Å². The van der Waals surface area contributed by atoms with Crippen molar-refractivity contribution in [2.24, 2.45) is 5.92 Å². The number of carbonyl (C=O) groups is 1. The van der Waals surface area contributed by atoms with Gasteiger partial charge < -0.3 is 10.2 Å². The summed E-state index contributed by atoms with van der Waals surface area (Å²) < 4.78 is 0. The van der Waals surface area contributed by atoms with E-state index in [2.05, 4.69) is 43.1 Å². The van der Waals surface area contributed by atoms with Gasteiger partial charge in [-0.2, -0.15) is 0 Å². The summed E-state index contributed by atoms with van der Waals surface area (Å²) in [5.41, 5.74) is 2.30. The van der Waals surface area contributed by atoms with Crippen LogP contribution in [-0.4, -0.2) is 19.0 Å². The van der Waals surface area contributed by atoms with Gasteiger partial charge in [0.2, 0.25) is 5.91 Å². The van der Waals surface area contributed by atoms with Gasteiger partial charge in [-0.1, -0.05) is 31.6 Å². The van der Waals surface area contributed by atoms with Gasteiger partial charge in [-0.25, -0.2) is 0 Å². The van der Waals surface area contributed by atoms with E-state index in [4.69, 9.17) is 0 Å². The van der Waals surface area contributed by atoms with Crippen molar-refractivity contribution in [3.8, 4) is 0 Å². The van der Waals surface area contributed by atoms with Gasteiger partial charge in [0.25, 0.3) is 0 Å². The number of benzene rings is 1. The van der Waals surface area contributed by atoms with Gasteiger partial charge in [0, 0.05) is 25.2 Å². The zero-order valence-electron chi connectivity index (χ0n) is 13.7. The lowest BCUT2D eigenvalue weighted by atomic mass is 9.98. The number of allylic oxidation sites excluding steroid dienone is 1. The monoisotopic (exact) mass is 300 g/mol. The molecule has 22 heavy (non-hydrogen) atoms. The Morgan fingerprint density at radius 3 is 2.73 bits per heavy atom. The number of nitrogens with zero attached hydrogens (tertiary/aromatic N) is 1. The highest BCUT2D eigenvalue weighted by atomic mass is 16.2. The molecule has 1 aromatic carbocycles. The van der Waals surface area contributed by atoms with Crippen molar-refractivity contribution < 1.29 is 4.79 Å². The Morgan fingerprint density at radius 1 is 1.36 bits per heavy atom. The van der Waals surface area contributed by atoms with Gasteiger partial charge in [-0.3, -0.25) is 4.79 Å². The van der Waals surface area contributed by atoms with Crippen LogP contribution in [0, 0.1) is 5.92 Å². The van der Waals surface area contributed by atoms with Crippen LogP contribution in [-0.2, 0) is 11.3 Å². The number of rotatable bonds is 9. The molecule has 0 aliphatic carbocycles. The van der Waals surface area contributed by atoms with E-state index in [9.17, 15) is 4.79 Å². The topological polar surface area (TPSA) is 32.3 Å². The van der Waals surface area contributed by atoms with Crippen LogP contribution in [0.3, 0.4) is 0 Å². The SMILES string of the molecule is C=CCC(CC)CCNCc1ccc(N2CCCC2=O)cc1. The van der Waals surface area contributed by atoms with E-state index < -0.39 is 0 Å². The number of nitrogens with one attached hydrogen (secondary N) is 1. The van der Waals surface area contributed by atoms with Crippen LogP contribution in [0.4, 0.5) is 5.69 Å². The summed E-state index contributed by atoms with van der Waals surface area (Å²) in [5.74, 6) is 0.993. The van der Waals surface area contributed by atoms with Crippen LogP contribution in [0.1, 0.15) is 44.6 Å². The molecular formula is C19H28N2O. The van der Waals surface area contributed by atoms with Gasteiger partial charge in [0.15, 0.2) is 0 Å². The lowest BCUT2D eigenvalue weighted by Crippen LogP contribution is -2.23. The second-order valence-corrected chi connectivity index (χ2v) is 6.08. The summed E-state index contributed by atoms with van der Waals surface area (Å²) in [6.07, 6.45) is 7.20. The van der Waals surface area contributed by atoms with E-state index in [0.717, 1.165) is 44.1 Å². The maximum atomic E-state index is 11.7. The molecule has 1 atom stereocenters. The first-order chi connectivity index (χ1) is 10.7. The van der Waals surface area contributed by atoms with Crippen LogP contribution in [0.15, 0.2) is 36.9 Å². The summed E-state index contributed by atoms with van der Waals surface area (Å²) in [6.45, 7) is 8.85. The molecule has 1 aliphatic heterocycles. The zero-order valence-corrected chi connectivity index (χ0v) is 13.7. The summed E-state index contributed by atoms with van der Waals surface area (Å²) in [4.78, 5) is 13.6. The Bertz CT molecular complexity index is 481. The zero-order chi connectivity index (χ0) is 15.8. The van der Waals surface area contributed by atoms with Crippen LogP contribution >= 0.6 is 0 Å². The molecule has 1 amide bonds. The van der Waals surface area contributed by atoms with Crippen molar-refractivity contribution in [1.29, 1.82) is 0 Å². The number of amides is 1. The molecule has 0 bridgehead atoms. The maximum Gasteiger partial charge on any atom is 0.227 e. The minimum absolute atomic E-state index is 0.249. The molecule has 1 aliphatic rings. The first kappa shape index (κ1) is 16.8. The van der Waals surface area contributed by atoms with Gasteiger partial charge in [0.1, 0.15) is 0 Å². The molecule has 0 aromatic heterocycles. The van der Waals surface area contributed by atoms with Crippen molar-refractivity contribution in [1.82, 2.24) is 5.32 Å². The first-order valence-electron chi connectivity index (χ1n) is 8.45. The molecule has 3 nitrogen and oxygen atoms in total. The average Bonchev–Trinajstić information content (AvgIpc) is 2.97. The third kappa shape index (κ3) is 4.70. The largest absolute Gasteiger partial charge is 0.313 e. The van der Waals surface area contributed by atoms with E-state index >= 15 is 0 Å². The van der Waals surface area contributed by atoms with Crippen LogP contribution in [0.5, 0.6) is 0 Å². The fraction of sp³-hybridized carbons (Fsp3) is 0.526. The number of carbonyl (C=O) groups excluding carboxylic acids is 1. The molecule has 1 saturated heterocycles. The van der Waals surface area contributed by atoms with Crippen molar-refractivity contribution in [3.63, 3.8) is 0 Å². The Labute approximate surface area is 134 Å². The molecule has 1 heterocycles. The standard InChI is InChI=1S/C19H28N2O/c1-3-6-16(4-2)12-13-20-15-17-8-10-18(11-9-17)21-14-5-7-19(21)22/h3,8-11,16,20H,1,4-7,12-15H2,2H3. The fourth-order valence-electron chi connectivity index (χ4n) is 2.98. The quantitative estimate of drug-likeness (QED) is 0.554. The van der Waals surface area contributed by atoms with Crippen molar-refractivity contribution in [3.05, 3.63) is 42.5 Å². The molecule has 0 saturated carbocycles. The highest BCUT2D eigenvalue weighted by Crippen LogP contribution is 2.21. The Hall–Kier alpha value is -1.61. The number of hydrogen-bond donors (Lipinski definition) is 1. The number of hydrogen-bond acceptors (Lipinski definition) is 2. The second-order valence-electron chi connectivity index (χ2n) is 6.08. The highest BCUT2D eigenvalue weighted by molar-refractivity contribution is 5.95. The summed E-state index contributed by atoms with van der Waals surface area (Å²) in [5, 5.41) is 3.51. The summed E-state index contributed by atoms with van der Waals surface area (Å²) >= 11 is 0. The van der Waals surface area contributed by atoms with Crippen LogP contribution in [0.25, 0.3) is 0 Å².